The second-order valence-electron chi connectivity index (χ2n) is 8.01. The Kier molecular flexibility index (Phi) is 5.71. The van der Waals surface area contributed by atoms with Crippen molar-refractivity contribution in [3.05, 3.63) is 102 Å². The van der Waals surface area contributed by atoms with Crippen molar-refractivity contribution in [3.8, 4) is 16.9 Å². The van der Waals surface area contributed by atoms with Crippen molar-refractivity contribution in [1.29, 1.82) is 0 Å². The van der Waals surface area contributed by atoms with E-state index in [4.69, 9.17) is 0 Å². The molecule has 0 fully saturated rings. The highest BCUT2D eigenvalue weighted by Gasteiger charge is 2.34. The molecule has 0 aliphatic rings. The number of nitrogens with zero attached hydrogens (tertiary/aromatic N) is 4. The number of fused-ring (bicyclic) bond motifs is 1. The maximum atomic E-state index is 13.7. The smallest absolute Gasteiger partial charge is 0.321 e. The molecule has 0 spiro atoms. The summed E-state index contributed by atoms with van der Waals surface area (Å²) in [5.74, 6) is -1.02. The summed E-state index contributed by atoms with van der Waals surface area (Å²) in [6.45, 7) is 1.59. The van der Waals surface area contributed by atoms with E-state index in [1.54, 1.807) is 37.5 Å². The van der Waals surface area contributed by atoms with Crippen molar-refractivity contribution >= 4 is 22.5 Å². The van der Waals surface area contributed by atoms with Gasteiger partial charge in [0.25, 0.3) is 5.91 Å². The minimum absolute atomic E-state index is 0.00719. The number of hydrogen-bond acceptors (Lipinski definition) is 4. The number of carbonyl (C=O) groups excluding carboxylic acids is 1. The van der Waals surface area contributed by atoms with Gasteiger partial charge in [-0.1, -0.05) is 12.1 Å². The van der Waals surface area contributed by atoms with Crippen LogP contribution in [0, 0.1) is 12.7 Å². The Balaban J connectivity index is 1.69. The van der Waals surface area contributed by atoms with E-state index in [0.717, 1.165) is 6.07 Å². The lowest BCUT2D eigenvalue weighted by atomic mass is 10.1. The predicted molar refractivity (Wildman–Crippen MR) is 126 cm³/mol. The minimum atomic E-state index is -4.60. The van der Waals surface area contributed by atoms with E-state index in [9.17, 15) is 22.4 Å². The van der Waals surface area contributed by atoms with Crippen molar-refractivity contribution in [2.24, 2.45) is 0 Å². The van der Waals surface area contributed by atoms with Gasteiger partial charge in [-0.05, 0) is 61.5 Å². The molecule has 0 bridgehead atoms. The Bertz CT molecular complexity index is 1580. The number of anilines is 1. The first-order chi connectivity index (χ1) is 17.2. The molecule has 6 nitrogen and oxygen atoms in total. The van der Waals surface area contributed by atoms with Crippen LogP contribution >= 0.6 is 0 Å². The summed E-state index contributed by atoms with van der Waals surface area (Å²) in [5.41, 5.74) is 0.991. The van der Waals surface area contributed by atoms with Gasteiger partial charge in [0.05, 0.1) is 22.5 Å². The number of rotatable bonds is 4. The van der Waals surface area contributed by atoms with Crippen LogP contribution in [0.15, 0.2) is 79.1 Å². The zero-order valence-electron chi connectivity index (χ0n) is 18.7. The molecule has 0 aliphatic carbocycles. The summed E-state index contributed by atoms with van der Waals surface area (Å²) in [4.78, 5) is 21.3. The van der Waals surface area contributed by atoms with Crippen LogP contribution < -0.4 is 5.32 Å². The summed E-state index contributed by atoms with van der Waals surface area (Å²) < 4.78 is 55.8. The minimum Gasteiger partial charge on any atom is -0.321 e. The number of para-hydroxylation sites is 1. The molecule has 1 amide bonds. The molecule has 3 aromatic heterocycles. The molecule has 0 saturated carbocycles. The summed E-state index contributed by atoms with van der Waals surface area (Å²) in [7, 11) is 0. The molecule has 1 N–H and O–H groups in total. The van der Waals surface area contributed by atoms with Gasteiger partial charge in [-0.15, -0.1) is 0 Å². The molecule has 180 valence electrons. The normalized spacial score (nSPS) is 11.6. The Labute approximate surface area is 202 Å². The van der Waals surface area contributed by atoms with Crippen LogP contribution in [-0.2, 0) is 6.18 Å². The quantitative estimate of drug-likeness (QED) is 0.304. The standard InChI is InChI=1S/C26H17F4N5O/c1-15-12-23(19-5-2-6-20(24(19)32-15)26(28,29)30)35-22(16-4-3-11-31-14-16)13-21(34-35)25(36)33-18-9-7-17(27)8-10-18/h2-14H,1H3,(H,33,36). The topological polar surface area (TPSA) is 72.7 Å². The maximum Gasteiger partial charge on any atom is 0.418 e. The van der Waals surface area contributed by atoms with Crippen molar-refractivity contribution in [3.63, 3.8) is 0 Å². The monoisotopic (exact) mass is 491 g/mol. The third kappa shape index (κ3) is 4.40. The molecule has 0 radical (unpaired) electrons. The first kappa shape index (κ1) is 23.2. The van der Waals surface area contributed by atoms with Gasteiger partial charge >= 0.3 is 6.18 Å². The van der Waals surface area contributed by atoms with Crippen LogP contribution in [0.25, 0.3) is 27.8 Å². The first-order valence-corrected chi connectivity index (χ1v) is 10.8. The average molecular weight is 491 g/mol. The molecule has 2 aromatic carbocycles. The highest BCUT2D eigenvalue weighted by molar-refractivity contribution is 6.03. The zero-order valence-corrected chi connectivity index (χ0v) is 18.7. The largest absolute Gasteiger partial charge is 0.418 e. The second-order valence-corrected chi connectivity index (χ2v) is 8.01. The highest BCUT2D eigenvalue weighted by atomic mass is 19.4. The van der Waals surface area contributed by atoms with Gasteiger partial charge in [-0.2, -0.15) is 18.3 Å². The van der Waals surface area contributed by atoms with Crippen LogP contribution in [0.1, 0.15) is 21.7 Å². The first-order valence-electron chi connectivity index (χ1n) is 10.8. The number of aryl methyl sites for hydroxylation is 1. The van der Waals surface area contributed by atoms with Crippen molar-refractivity contribution in [2.45, 2.75) is 13.1 Å². The molecule has 0 atom stereocenters. The van der Waals surface area contributed by atoms with E-state index in [-0.39, 0.29) is 16.6 Å². The lowest BCUT2D eigenvalue weighted by Gasteiger charge is -2.15. The maximum absolute atomic E-state index is 13.7. The van der Waals surface area contributed by atoms with Crippen molar-refractivity contribution in [2.75, 3.05) is 5.32 Å². The third-order valence-electron chi connectivity index (χ3n) is 5.48. The molecular formula is C26H17F4N5O. The van der Waals surface area contributed by atoms with Crippen LogP contribution in [0.3, 0.4) is 0 Å². The van der Waals surface area contributed by atoms with E-state index in [0.29, 0.717) is 28.3 Å². The Morgan fingerprint density at radius 2 is 1.78 bits per heavy atom. The Morgan fingerprint density at radius 3 is 2.47 bits per heavy atom. The lowest BCUT2D eigenvalue weighted by molar-refractivity contribution is -0.136. The fourth-order valence-corrected chi connectivity index (χ4v) is 3.88. The van der Waals surface area contributed by atoms with Gasteiger partial charge in [-0.25, -0.2) is 9.07 Å². The molecular weight excluding hydrogens is 474 g/mol. The third-order valence-corrected chi connectivity index (χ3v) is 5.48. The molecule has 0 saturated heterocycles. The van der Waals surface area contributed by atoms with Gasteiger partial charge in [0.15, 0.2) is 5.69 Å². The fourth-order valence-electron chi connectivity index (χ4n) is 3.88. The Hall–Kier alpha value is -4.60. The zero-order chi connectivity index (χ0) is 25.4. The average Bonchev–Trinajstić information content (AvgIpc) is 3.30. The number of carbonyl (C=O) groups is 1. The van der Waals surface area contributed by atoms with Gasteiger partial charge in [0.2, 0.25) is 0 Å². The van der Waals surface area contributed by atoms with Crippen LogP contribution in [0.4, 0.5) is 23.2 Å². The van der Waals surface area contributed by atoms with Crippen LogP contribution in [-0.4, -0.2) is 25.7 Å². The van der Waals surface area contributed by atoms with Gasteiger partial charge < -0.3 is 5.32 Å². The van der Waals surface area contributed by atoms with Gasteiger partial charge in [0.1, 0.15) is 5.82 Å². The van der Waals surface area contributed by atoms with E-state index in [1.807, 2.05) is 0 Å². The summed E-state index contributed by atoms with van der Waals surface area (Å²) in [6, 6.07) is 15.6. The van der Waals surface area contributed by atoms with E-state index < -0.39 is 23.5 Å². The molecule has 5 aromatic rings. The summed E-state index contributed by atoms with van der Waals surface area (Å²) in [6.07, 6.45) is -1.46. The van der Waals surface area contributed by atoms with Crippen LogP contribution in [0.5, 0.6) is 0 Å². The number of hydrogen-bond donors (Lipinski definition) is 1. The van der Waals surface area contributed by atoms with Crippen LogP contribution in [0.2, 0.25) is 0 Å². The molecule has 3 heterocycles. The molecule has 0 unspecified atom stereocenters. The molecule has 0 aliphatic heterocycles. The molecule has 36 heavy (non-hydrogen) atoms. The number of halogens is 4. The lowest BCUT2D eigenvalue weighted by Crippen LogP contribution is -2.13. The predicted octanol–water partition coefficient (Wildman–Crippen LogP) is 6.20. The summed E-state index contributed by atoms with van der Waals surface area (Å²) >= 11 is 0. The van der Waals surface area contributed by atoms with E-state index >= 15 is 0 Å². The van der Waals surface area contributed by atoms with Crippen molar-refractivity contribution in [1.82, 2.24) is 19.7 Å². The highest BCUT2D eigenvalue weighted by Crippen LogP contribution is 2.36. The molecule has 5 rings (SSSR count). The number of nitrogens with one attached hydrogen (secondary N) is 1. The molecule has 10 heteroatoms. The second kappa shape index (κ2) is 8.88. The summed E-state index contributed by atoms with van der Waals surface area (Å²) in [5, 5.41) is 7.31. The number of benzene rings is 2. The fraction of sp³-hybridized carbons (Fsp3) is 0.0769. The number of aromatic nitrogens is 4. The van der Waals surface area contributed by atoms with E-state index in [1.165, 1.54) is 47.1 Å². The Morgan fingerprint density at radius 1 is 1.00 bits per heavy atom. The van der Waals surface area contributed by atoms with E-state index in [2.05, 4.69) is 20.4 Å². The van der Waals surface area contributed by atoms with Gasteiger partial charge in [0, 0.05) is 34.7 Å². The number of alkyl halides is 3. The SMILES string of the molecule is Cc1cc(-n2nc(C(=O)Nc3ccc(F)cc3)cc2-c2cccnc2)c2cccc(C(F)(F)F)c2n1. The van der Waals surface area contributed by atoms with Gasteiger partial charge in [-0.3, -0.25) is 14.8 Å². The number of pyridine rings is 2. The van der Waals surface area contributed by atoms with Crippen molar-refractivity contribution < 1.29 is 22.4 Å². The number of amides is 1.